The van der Waals surface area contributed by atoms with Crippen molar-refractivity contribution in [1.29, 1.82) is 0 Å². The van der Waals surface area contributed by atoms with E-state index in [-0.39, 0.29) is 18.3 Å². The van der Waals surface area contributed by atoms with E-state index in [1.54, 1.807) is 14.2 Å². The average Bonchev–Trinajstić information content (AvgIpc) is 3.05. The zero-order chi connectivity index (χ0) is 31.5. The van der Waals surface area contributed by atoms with E-state index in [0.29, 0.717) is 30.1 Å². The van der Waals surface area contributed by atoms with Crippen molar-refractivity contribution >= 4 is 11.7 Å². The third-order valence-electron chi connectivity index (χ3n) is 8.86. The lowest BCUT2D eigenvalue weighted by Crippen LogP contribution is -2.48. The molecule has 0 aromatic heterocycles. The van der Waals surface area contributed by atoms with Gasteiger partial charge in [-0.05, 0) is 69.9 Å². The molecule has 1 amide bonds. The van der Waals surface area contributed by atoms with E-state index in [4.69, 9.17) is 14.2 Å². The number of ketones is 1. The molecule has 2 aromatic rings. The third-order valence-corrected chi connectivity index (χ3v) is 8.86. The molecule has 43 heavy (non-hydrogen) atoms. The standard InChI is InChI=1S/C36H56N2O5/c1-7-30(39)28-43-31-22-20-29(21-23-31)36(33-25-24-32(41-5)27-34(33)42-6)37-35(40)19-17-15-13-11-12-14-16-18-26-38(8-2,9-3)10-4/h20-25,27,36H,7-19,26,28H2,1-6H3/p+1. The number of nitrogens with zero attached hydrogens (tertiary/aromatic N) is 1. The predicted molar refractivity (Wildman–Crippen MR) is 175 cm³/mol. The summed E-state index contributed by atoms with van der Waals surface area (Å²) in [5, 5.41) is 3.24. The van der Waals surface area contributed by atoms with Crippen LogP contribution in [0.2, 0.25) is 0 Å². The van der Waals surface area contributed by atoms with Crippen LogP contribution in [0, 0.1) is 0 Å². The first-order valence-electron chi connectivity index (χ1n) is 16.5. The van der Waals surface area contributed by atoms with Crippen molar-refractivity contribution in [2.75, 3.05) is 47.0 Å². The van der Waals surface area contributed by atoms with Crippen molar-refractivity contribution in [2.24, 2.45) is 0 Å². The second-order valence-electron chi connectivity index (χ2n) is 11.5. The number of ether oxygens (including phenoxy) is 3. The molecule has 0 bridgehead atoms. The Labute approximate surface area is 260 Å². The molecular formula is C36H57N2O5+. The molecule has 0 heterocycles. The Morgan fingerprint density at radius 1 is 0.744 bits per heavy atom. The maximum absolute atomic E-state index is 13.1. The maximum atomic E-state index is 13.1. The number of rotatable bonds is 23. The highest BCUT2D eigenvalue weighted by Gasteiger charge is 2.22. The second-order valence-corrected chi connectivity index (χ2v) is 11.5. The maximum Gasteiger partial charge on any atom is 0.220 e. The molecule has 0 radical (unpaired) electrons. The summed E-state index contributed by atoms with van der Waals surface area (Å²) in [6.07, 6.45) is 10.5. The molecule has 1 atom stereocenters. The number of carbonyl (C=O) groups is 2. The molecule has 0 spiro atoms. The normalized spacial score (nSPS) is 12.0. The Hall–Kier alpha value is -3.06. The van der Waals surface area contributed by atoms with Crippen LogP contribution in [0.4, 0.5) is 0 Å². The fourth-order valence-corrected chi connectivity index (χ4v) is 5.59. The summed E-state index contributed by atoms with van der Waals surface area (Å²) in [6, 6.07) is 12.7. The number of unbranched alkanes of at least 4 members (excludes halogenated alkanes) is 7. The third kappa shape index (κ3) is 12.2. The lowest BCUT2D eigenvalue weighted by molar-refractivity contribution is -0.923. The SMILES string of the molecule is CCC(=O)COc1ccc(C(NC(=O)CCCCCCCCCC[N+](CC)(CC)CC)c2ccc(OC)cc2OC)cc1. The van der Waals surface area contributed by atoms with Gasteiger partial charge in [0.15, 0.2) is 5.78 Å². The van der Waals surface area contributed by atoms with Gasteiger partial charge in [0.1, 0.15) is 23.9 Å². The molecule has 0 saturated carbocycles. The van der Waals surface area contributed by atoms with Crippen LogP contribution in [0.1, 0.15) is 109 Å². The van der Waals surface area contributed by atoms with Gasteiger partial charge >= 0.3 is 0 Å². The molecule has 0 aliphatic heterocycles. The van der Waals surface area contributed by atoms with Gasteiger partial charge < -0.3 is 24.0 Å². The van der Waals surface area contributed by atoms with Gasteiger partial charge in [-0.1, -0.05) is 51.2 Å². The van der Waals surface area contributed by atoms with Crippen molar-refractivity contribution in [1.82, 2.24) is 5.32 Å². The first-order chi connectivity index (χ1) is 20.8. The highest BCUT2D eigenvalue weighted by molar-refractivity contribution is 5.79. The Bertz CT molecular complexity index is 1070. The zero-order valence-electron chi connectivity index (χ0n) is 27.7. The molecule has 0 fully saturated rings. The van der Waals surface area contributed by atoms with E-state index in [0.717, 1.165) is 24.0 Å². The van der Waals surface area contributed by atoms with Gasteiger partial charge in [-0.25, -0.2) is 0 Å². The van der Waals surface area contributed by atoms with Crippen molar-refractivity contribution < 1.29 is 28.3 Å². The van der Waals surface area contributed by atoms with Crippen LogP contribution in [0.3, 0.4) is 0 Å². The number of benzene rings is 2. The molecule has 2 aromatic carbocycles. The minimum absolute atomic E-state index is 0.0149. The highest BCUT2D eigenvalue weighted by Crippen LogP contribution is 2.34. The molecular weight excluding hydrogens is 540 g/mol. The fraction of sp³-hybridized carbons (Fsp3) is 0.611. The first-order valence-corrected chi connectivity index (χ1v) is 16.5. The van der Waals surface area contributed by atoms with E-state index in [1.165, 1.54) is 69.2 Å². The number of carbonyl (C=O) groups excluding carboxylic acids is 2. The van der Waals surface area contributed by atoms with E-state index < -0.39 is 6.04 Å². The predicted octanol–water partition coefficient (Wildman–Crippen LogP) is 7.65. The van der Waals surface area contributed by atoms with Gasteiger partial charge in [-0.3, -0.25) is 9.59 Å². The molecule has 2 rings (SSSR count). The quantitative estimate of drug-likeness (QED) is 0.105. The van der Waals surface area contributed by atoms with E-state index in [9.17, 15) is 9.59 Å². The summed E-state index contributed by atoms with van der Waals surface area (Å²) >= 11 is 0. The minimum atomic E-state index is -0.398. The number of quaternary nitrogens is 1. The monoisotopic (exact) mass is 597 g/mol. The largest absolute Gasteiger partial charge is 0.497 e. The number of hydrogen-bond donors (Lipinski definition) is 1. The molecule has 7 heteroatoms. The molecule has 0 aliphatic rings. The van der Waals surface area contributed by atoms with Crippen LogP contribution in [0.15, 0.2) is 42.5 Å². The lowest BCUT2D eigenvalue weighted by Gasteiger charge is -2.35. The van der Waals surface area contributed by atoms with Crippen molar-refractivity contribution in [3.63, 3.8) is 0 Å². The Balaban J connectivity index is 1.88. The van der Waals surface area contributed by atoms with Crippen LogP contribution in [0.25, 0.3) is 0 Å². The average molecular weight is 598 g/mol. The highest BCUT2D eigenvalue weighted by atomic mass is 16.5. The zero-order valence-corrected chi connectivity index (χ0v) is 27.7. The van der Waals surface area contributed by atoms with E-state index in [2.05, 4.69) is 26.1 Å². The fourth-order valence-electron chi connectivity index (χ4n) is 5.59. The molecule has 0 saturated heterocycles. The van der Waals surface area contributed by atoms with Gasteiger partial charge in [0, 0.05) is 24.5 Å². The Kier molecular flexibility index (Phi) is 16.8. The van der Waals surface area contributed by atoms with E-state index >= 15 is 0 Å². The van der Waals surface area contributed by atoms with Crippen molar-refractivity contribution in [2.45, 2.75) is 97.9 Å². The Morgan fingerprint density at radius 3 is 1.88 bits per heavy atom. The Morgan fingerprint density at radius 2 is 1.33 bits per heavy atom. The topological polar surface area (TPSA) is 73.9 Å². The smallest absolute Gasteiger partial charge is 0.220 e. The molecule has 7 nitrogen and oxygen atoms in total. The van der Waals surface area contributed by atoms with Crippen LogP contribution >= 0.6 is 0 Å². The molecule has 240 valence electrons. The van der Waals surface area contributed by atoms with Crippen LogP contribution in [-0.2, 0) is 9.59 Å². The number of Topliss-reactive ketones (excluding diaryl/α,β-unsaturated/α-hetero) is 1. The van der Waals surface area contributed by atoms with Crippen LogP contribution in [0.5, 0.6) is 17.2 Å². The molecule has 0 aliphatic carbocycles. The van der Waals surface area contributed by atoms with Gasteiger partial charge in [-0.15, -0.1) is 0 Å². The van der Waals surface area contributed by atoms with Gasteiger partial charge in [-0.2, -0.15) is 0 Å². The van der Waals surface area contributed by atoms with Gasteiger partial charge in [0.25, 0.3) is 0 Å². The van der Waals surface area contributed by atoms with Gasteiger partial charge in [0.2, 0.25) is 5.91 Å². The summed E-state index contributed by atoms with van der Waals surface area (Å²) in [5.41, 5.74) is 1.75. The van der Waals surface area contributed by atoms with Crippen molar-refractivity contribution in [3.8, 4) is 17.2 Å². The summed E-state index contributed by atoms with van der Waals surface area (Å²) in [6.45, 7) is 13.8. The summed E-state index contributed by atoms with van der Waals surface area (Å²) in [4.78, 5) is 24.8. The van der Waals surface area contributed by atoms with Gasteiger partial charge in [0.05, 0.1) is 46.4 Å². The number of nitrogens with one attached hydrogen (secondary N) is 1. The molecule has 1 N–H and O–H groups in total. The minimum Gasteiger partial charge on any atom is -0.497 e. The van der Waals surface area contributed by atoms with Crippen LogP contribution < -0.4 is 19.5 Å². The summed E-state index contributed by atoms with van der Waals surface area (Å²) in [7, 11) is 3.23. The number of methoxy groups -OCH3 is 2. The summed E-state index contributed by atoms with van der Waals surface area (Å²) < 4.78 is 17.9. The molecule has 1 unspecified atom stereocenters. The summed E-state index contributed by atoms with van der Waals surface area (Å²) in [5.74, 6) is 2.01. The number of amides is 1. The van der Waals surface area contributed by atoms with E-state index in [1.807, 2.05) is 49.4 Å². The van der Waals surface area contributed by atoms with Crippen LogP contribution in [-0.4, -0.2) is 63.2 Å². The number of hydrogen-bond acceptors (Lipinski definition) is 5. The second kappa shape index (κ2) is 20.0. The lowest BCUT2D eigenvalue weighted by atomic mass is 9.97. The first kappa shape index (κ1) is 36.1. The van der Waals surface area contributed by atoms with Crippen molar-refractivity contribution in [3.05, 3.63) is 53.6 Å².